The molecule has 0 saturated heterocycles. The quantitative estimate of drug-likeness (QED) is 0.810. The van der Waals surface area contributed by atoms with Crippen molar-refractivity contribution >= 4 is 33.4 Å². The Morgan fingerprint density at radius 1 is 1.26 bits per heavy atom. The minimum absolute atomic E-state index is 0.121. The molecule has 0 atom stereocenters. The van der Waals surface area contributed by atoms with Crippen LogP contribution >= 0.6 is 27.5 Å². The summed E-state index contributed by atoms with van der Waals surface area (Å²) < 4.78 is 0.764. The molecule has 1 fully saturated rings. The summed E-state index contributed by atoms with van der Waals surface area (Å²) in [5, 5.41) is 3.34. The zero-order valence-corrected chi connectivity index (χ0v) is 13.1. The number of hydrogen-bond acceptors (Lipinski definition) is 2. The van der Waals surface area contributed by atoms with E-state index >= 15 is 0 Å². The number of rotatable bonds is 2. The zero-order chi connectivity index (χ0) is 13.7. The highest BCUT2D eigenvalue weighted by Crippen LogP contribution is 2.20. The van der Waals surface area contributed by atoms with Crippen LogP contribution in [0.1, 0.15) is 55.3 Å². The molecule has 5 heteroatoms. The molecule has 0 spiro atoms. The van der Waals surface area contributed by atoms with Gasteiger partial charge >= 0.3 is 0 Å². The van der Waals surface area contributed by atoms with Gasteiger partial charge in [0.1, 0.15) is 5.15 Å². The van der Waals surface area contributed by atoms with Crippen LogP contribution in [0.3, 0.4) is 0 Å². The van der Waals surface area contributed by atoms with Crippen molar-refractivity contribution in [2.24, 2.45) is 0 Å². The molecule has 1 saturated carbocycles. The number of carbonyl (C=O) groups excluding carboxylic acids is 1. The highest BCUT2D eigenvalue weighted by atomic mass is 79.9. The summed E-state index contributed by atoms with van der Waals surface area (Å²) in [6.07, 6.45) is 9.95. The SMILES string of the molecule is O=C(NC1CCCCCCC1)c1cc(Br)cnc1Cl. The van der Waals surface area contributed by atoms with Crippen molar-refractivity contribution in [3.63, 3.8) is 0 Å². The first kappa shape index (κ1) is 14.8. The van der Waals surface area contributed by atoms with Gasteiger partial charge in [-0.1, -0.05) is 43.7 Å². The Morgan fingerprint density at radius 3 is 2.58 bits per heavy atom. The van der Waals surface area contributed by atoms with E-state index in [1.54, 1.807) is 12.3 Å². The Labute approximate surface area is 127 Å². The average Bonchev–Trinajstić information content (AvgIpc) is 2.35. The molecule has 1 aliphatic rings. The van der Waals surface area contributed by atoms with E-state index in [1.807, 2.05) is 0 Å². The van der Waals surface area contributed by atoms with Gasteiger partial charge in [-0.05, 0) is 34.8 Å². The van der Waals surface area contributed by atoms with Crippen LogP contribution in [0.15, 0.2) is 16.7 Å². The fraction of sp³-hybridized carbons (Fsp3) is 0.571. The van der Waals surface area contributed by atoms with Gasteiger partial charge in [-0.2, -0.15) is 0 Å². The fourth-order valence-corrected chi connectivity index (χ4v) is 2.97. The van der Waals surface area contributed by atoms with Gasteiger partial charge in [-0.25, -0.2) is 4.98 Å². The molecule has 3 nitrogen and oxygen atoms in total. The Balaban J connectivity index is 2.00. The van der Waals surface area contributed by atoms with E-state index in [4.69, 9.17) is 11.6 Å². The second kappa shape index (κ2) is 7.25. The van der Waals surface area contributed by atoms with Crippen molar-refractivity contribution in [3.05, 3.63) is 27.5 Å². The molecule has 1 N–H and O–H groups in total. The summed E-state index contributed by atoms with van der Waals surface area (Å²) in [4.78, 5) is 16.2. The van der Waals surface area contributed by atoms with Gasteiger partial charge in [0.15, 0.2) is 0 Å². The van der Waals surface area contributed by atoms with E-state index in [9.17, 15) is 4.79 Å². The van der Waals surface area contributed by atoms with Gasteiger partial charge in [-0.3, -0.25) is 4.79 Å². The average molecular weight is 346 g/mol. The first-order chi connectivity index (χ1) is 9.16. The van der Waals surface area contributed by atoms with Gasteiger partial charge in [-0.15, -0.1) is 0 Å². The molecule has 0 aromatic carbocycles. The molecule has 1 amide bonds. The maximum atomic E-state index is 12.2. The van der Waals surface area contributed by atoms with Crippen LogP contribution in [-0.4, -0.2) is 16.9 Å². The van der Waals surface area contributed by atoms with Crippen LogP contribution in [0.2, 0.25) is 5.15 Å². The molecule has 0 radical (unpaired) electrons. The largest absolute Gasteiger partial charge is 0.349 e. The minimum Gasteiger partial charge on any atom is -0.349 e. The lowest BCUT2D eigenvalue weighted by atomic mass is 9.96. The Hall–Kier alpha value is -0.610. The van der Waals surface area contributed by atoms with Gasteiger partial charge in [0.2, 0.25) is 0 Å². The predicted octanol–water partition coefficient (Wildman–Crippen LogP) is 4.34. The highest BCUT2D eigenvalue weighted by molar-refractivity contribution is 9.10. The Kier molecular flexibility index (Phi) is 5.64. The summed E-state index contributed by atoms with van der Waals surface area (Å²) in [5.41, 5.74) is 0.443. The summed E-state index contributed by atoms with van der Waals surface area (Å²) in [6, 6.07) is 1.98. The molecular weight excluding hydrogens is 328 g/mol. The lowest BCUT2D eigenvalue weighted by molar-refractivity contribution is 0.0930. The minimum atomic E-state index is -0.121. The third-order valence-electron chi connectivity index (χ3n) is 3.49. The number of carbonyl (C=O) groups is 1. The Morgan fingerprint density at radius 2 is 1.89 bits per heavy atom. The Bertz CT molecular complexity index is 445. The molecule has 19 heavy (non-hydrogen) atoms. The van der Waals surface area contributed by atoms with Crippen molar-refractivity contribution in [2.75, 3.05) is 0 Å². The monoisotopic (exact) mass is 344 g/mol. The molecule has 2 rings (SSSR count). The maximum absolute atomic E-state index is 12.2. The first-order valence-corrected chi connectivity index (χ1v) is 7.96. The van der Waals surface area contributed by atoms with Crippen LogP contribution in [0.5, 0.6) is 0 Å². The topological polar surface area (TPSA) is 42.0 Å². The van der Waals surface area contributed by atoms with Crippen LogP contribution in [-0.2, 0) is 0 Å². The smallest absolute Gasteiger partial charge is 0.254 e. The van der Waals surface area contributed by atoms with Gasteiger partial charge in [0, 0.05) is 16.7 Å². The summed E-state index contributed by atoms with van der Waals surface area (Å²) in [6.45, 7) is 0. The number of halogens is 2. The lowest BCUT2D eigenvalue weighted by Crippen LogP contribution is -2.35. The van der Waals surface area contributed by atoms with Crippen LogP contribution in [0.4, 0.5) is 0 Å². The molecule has 1 aromatic rings. The molecule has 1 aromatic heterocycles. The first-order valence-electron chi connectivity index (χ1n) is 6.79. The van der Waals surface area contributed by atoms with E-state index < -0.39 is 0 Å². The molecular formula is C14H18BrClN2O. The third-order valence-corrected chi connectivity index (χ3v) is 4.23. The van der Waals surface area contributed by atoms with Gasteiger partial charge in [0.25, 0.3) is 5.91 Å². The van der Waals surface area contributed by atoms with E-state index in [0.29, 0.717) is 5.56 Å². The van der Waals surface area contributed by atoms with Gasteiger partial charge < -0.3 is 5.32 Å². The van der Waals surface area contributed by atoms with E-state index in [0.717, 1.165) is 17.3 Å². The fourth-order valence-electron chi connectivity index (χ4n) is 2.45. The molecule has 1 heterocycles. The molecule has 0 unspecified atom stereocenters. The number of nitrogens with zero attached hydrogens (tertiary/aromatic N) is 1. The predicted molar refractivity (Wildman–Crippen MR) is 80.5 cm³/mol. The molecule has 104 valence electrons. The number of pyridine rings is 1. The normalized spacial score (nSPS) is 17.6. The van der Waals surface area contributed by atoms with Crippen molar-refractivity contribution < 1.29 is 4.79 Å². The zero-order valence-electron chi connectivity index (χ0n) is 10.8. The highest BCUT2D eigenvalue weighted by Gasteiger charge is 2.17. The van der Waals surface area contributed by atoms with E-state index in [2.05, 4.69) is 26.2 Å². The maximum Gasteiger partial charge on any atom is 0.254 e. The van der Waals surface area contributed by atoms with Crippen LogP contribution in [0.25, 0.3) is 0 Å². The molecule has 0 aliphatic heterocycles. The summed E-state index contributed by atoms with van der Waals surface area (Å²) in [5.74, 6) is -0.121. The third kappa shape index (κ3) is 4.46. The molecule has 1 aliphatic carbocycles. The lowest BCUT2D eigenvalue weighted by Gasteiger charge is -2.21. The van der Waals surface area contributed by atoms with E-state index in [1.165, 1.54) is 32.1 Å². The molecule has 0 bridgehead atoms. The summed E-state index contributed by atoms with van der Waals surface area (Å²) in [7, 11) is 0. The van der Waals surface area contributed by atoms with Crippen molar-refractivity contribution in [3.8, 4) is 0 Å². The van der Waals surface area contributed by atoms with Crippen molar-refractivity contribution in [1.82, 2.24) is 10.3 Å². The number of aromatic nitrogens is 1. The van der Waals surface area contributed by atoms with Crippen molar-refractivity contribution in [1.29, 1.82) is 0 Å². The number of amides is 1. The van der Waals surface area contributed by atoms with E-state index in [-0.39, 0.29) is 17.1 Å². The number of nitrogens with one attached hydrogen (secondary N) is 1. The van der Waals surface area contributed by atoms with Crippen LogP contribution < -0.4 is 5.32 Å². The second-order valence-electron chi connectivity index (χ2n) is 5.01. The van der Waals surface area contributed by atoms with Crippen molar-refractivity contribution in [2.45, 2.75) is 51.0 Å². The number of hydrogen-bond donors (Lipinski definition) is 1. The van der Waals surface area contributed by atoms with Crippen LogP contribution in [0, 0.1) is 0 Å². The second-order valence-corrected chi connectivity index (χ2v) is 6.28. The standard InChI is InChI=1S/C14H18BrClN2O/c15-10-8-12(13(16)17-9-10)14(19)18-11-6-4-2-1-3-5-7-11/h8-9,11H,1-7H2,(H,18,19). The van der Waals surface area contributed by atoms with Gasteiger partial charge in [0.05, 0.1) is 5.56 Å². The summed E-state index contributed by atoms with van der Waals surface area (Å²) >= 11 is 9.29.